The molecule has 3 atom stereocenters. The lowest BCUT2D eigenvalue weighted by Gasteiger charge is -2.35. The van der Waals surface area contributed by atoms with E-state index in [4.69, 9.17) is 0 Å². The molecule has 2 aliphatic heterocycles. The van der Waals surface area contributed by atoms with Crippen molar-refractivity contribution in [3.63, 3.8) is 0 Å². The second-order valence-corrected chi connectivity index (χ2v) is 9.28. The monoisotopic (exact) mass is 370 g/mol. The van der Waals surface area contributed by atoms with Gasteiger partial charge in [0, 0.05) is 44.8 Å². The van der Waals surface area contributed by atoms with Crippen molar-refractivity contribution in [2.75, 3.05) is 53.4 Å². The molecule has 27 heavy (non-hydrogen) atoms. The Morgan fingerprint density at radius 2 is 1.74 bits per heavy atom. The standard InChI is InChI=1S/C23H38N4/c1-25(2)21-10-13-26(14-11-21)15-12-24-23-9-8-20-17-27(18-22(20)23)16-19-6-4-3-5-7-19/h3-7,20-24H,8-18H2,1-2H3/t20-,22+,23-/m1/s1. The van der Waals surface area contributed by atoms with Crippen molar-refractivity contribution in [3.05, 3.63) is 35.9 Å². The fourth-order valence-corrected chi connectivity index (χ4v) is 5.65. The van der Waals surface area contributed by atoms with Gasteiger partial charge in [0.25, 0.3) is 0 Å². The number of fused-ring (bicyclic) bond motifs is 1. The van der Waals surface area contributed by atoms with Crippen molar-refractivity contribution in [3.8, 4) is 0 Å². The normalized spacial score (nSPS) is 30.3. The Kier molecular flexibility index (Phi) is 6.49. The lowest BCUT2D eigenvalue weighted by molar-refractivity contribution is 0.144. The molecule has 1 saturated carbocycles. The molecule has 0 amide bonds. The Morgan fingerprint density at radius 3 is 2.48 bits per heavy atom. The summed E-state index contributed by atoms with van der Waals surface area (Å²) in [6.45, 7) is 8.64. The molecule has 4 rings (SSSR count). The molecule has 1 aliphatic carbocycles. The largest absolute Gasteiger partial charge is 0.312 e. The number of piperidine rings is 1. The summed E-state index contributed by atoms with van der Waals surface area (Å²) in [6, 6.07) is 12.5. The minimum atomic E-state index is 0.745. The Labute approximate surface area is 165 Å². The van der Waals surface area contributed by atoms with E-state index in [-0.39, 0.29) is 0 Å². The van der Waals surface area contributed by atoms with Crippen LogP contribution in [0.3, 0.4) is 0 Å². The number of likely N-dealkylation sites (tertiary alicyclic amines) is 2. The van der Waals surface area contributed by atoms with Crippen LogP contribution in [0.25, 0.3) is 0 Å². The van der Waals surface area contributed by atoms with Crippen LogP contribution in [0.1, 0.15) is 31.2 Å². The van der Waals surface area contributed by atoms with Crippen molar-refractivity contribution in [2.45, 2.75) is 44.3 Å². The summed E-state index contributed by atoms with van der Waals surface area (Å²) in [5, 5.41) is 3.94. The SMILES string of the molecule is CN(C)C1CCN(CCN[C@@H]2CC[C@@H]3CN(Cc4ccccc4)C[C@@H]32)CC1. The third kappa shape index (κ3) is 4.92. The third-order valence-corrected chi connectivity index (χ3v) is 7.30. The molecule has 2 saturated heterocycles. The Bertz CT molecular complexity index is 567. The van der Waals surface area contributed by atoms with Crippen molar-refractivity contribution < 1.29 is 0 Å². The Balaban J connectivity index is 1.18. The van der Waals surface area contributed by atoms with Gasteiger partial charge in [-0.05, 0) is 70.3 Å². The number of hydrogen-bond acceptors (Lipinski definition) is 4. The fraction of sp³-hybridized carbons (Fsp3) is 0.739. The van der Waals surface area contributed by atoms with Gasteiger partial charge in [-0.15, -0.1) is 0 Å². The fourth-order valence-electron chi connectivity index (χ4n) is 5.65. The molecule has 2 heterocycles. The summed E-state index contributed by atoms with van der Waals surface area (Å²) in [7, 11) is 4.45. The highest BCUT2D eigenvalue weighted by Gasteiger charge is 2.42. The smallest absolute Gasteiger partial charge is 0.0233 e. The molecule has 1 aromatic carbocycles. The van der Waals surface area contributed by atoms with Gasteiger partial charge in [-0.1, -0.05) is 30.3 Å². The molecule has 0 bridgehead atoms. The molecule has 4 nitrogen and oxygen atoms in total. The van der Waals surface area contributed by atoms with Crippen molar-refractivity contribution in [2.24, 2.45) is 11.8 Å². The molecular weight excluding hydrogens is 332 g/mol. The van der Waals surface area contributed by atoms with E-state index in [1.165, 1.54) is 70.5 Å². The summed E-state index contributed by atoms with van der Waals surface area (Å²) in [4.78, 5) is 7.75. The van der Waals surface area contributed by atoms with E-state index >= 15 is 0 Å². The lowest BCUT2D eigenvalue weighted by Crippen LogP contribution is -2.45. The molecular formula is C23H38N4. The van der Waals surface area contributed by atoms with Gasteiger partial charge in [0.1, 0.15) is 0 Å². The van der Waals surface area contributed by atoms with Crippen molar-refractivity contribution in [1.82, 2.24) is 20.0 Å². The van der Waals surface area contributed by atoms with Gasteiger partial charge in [0.15, 0.2) is 0 Å². The molecule has 0 radical (unpaired) electrons. The zero-order valence-corrected chi connectivity index (χ0v) is 17.3. The van der Waals surface area contributed by atoms with E-state index in [2.05, 4.69) is 64.4 Å². The van der Waals surface area contributed by atoms with Crippen molar-refractivity contribution in [1.29, 1.82) is 0 Å². The Morgan fingerprint density at radius 1 is 0.963 bits per heavy atom. The van der Waals surface area contributed by atoms with Crippen molar-refractivity contribution >= 4 is 0 Å². The predicted octanol–water partition coefficient (Wildman–Crippen LogP) is 2.51. The minimum Gasteiger partial charge on any atom is -0.312 e. The lowest BCUT2D eigenvalue weighted by atomic mass is 9.98. The topological polar surface area (TPSA) is 21.8 Å². The number of hydrogen-bond donors (Lipinski definition) is 1. The minimum absolute atomic E-state index is 0.745. The van der Waals surface area contributed by atoms with Gasteiger partial charge in [-0.3, -0.25) is 4.90 Å². The first-order chi connectivity index (χ1) is 13.2. The second-order valence-electron chi connectivity index (χ2n) is 9.28. The average molecular weight is 371 g/mol. The second kappa shape index (κ2) is 9.04. The average Bonchev–Trinajstić information content (AvgIpc) is 3.24. The van der Waals surface area contributed by atoms with Gasteiger partial charge in [0.05, 0.1) is 0 Å². The van der Waals surface area contributed by atoms with Crippen LogP contribution in [0, 0.1) is 11.8 Å². The zero-order chi connectivity index (χ0) is 18.6. The summed E-state index contributed by atoms with van der Waals surface area (Å²) < 4.78 is 0. The maximum atomic E-state index is 3.94. The van der Waals surface area contributed by atoms with E-state index in [0.29, 0.717) is 0 Å². The van der Waals surface area contributed by atoms with Crippen LogP contribution >= 0.6 is 0 Å². The van der Waals surface area contributed by atoms with Gasteiger partial charge >= 0.3 is 0 Å². The van der Waals surface area contributed by atoms with Crippen LogP contribution in [0.2, 0.25) is 0 Å². The Hall–Kier alpha value is -0.940. The van der Waals surface area contributed by atoms with E-state index < -0.39 is 0 Å². The molecule has 3 aliphatic rings. The molecule has 0 spiro atoms. The van der Waals surface area contributed by atoms with E-state index in [1.54, 1.807) is 0 Å². The molecule has 0 aromatic heterocycles. The highest BCUT2D eigenvalue weighted by molar-refractivity contribution is 5.15. The third-order valence-electron chi connectivity index (χ3n) is 7.30. The van der Waals surface area contributed by atoms with Crippen LogP contribution in [-0.2, 0) is 6.54 Å². The van der Waals surface area contributed by atoms with Crippen LogP contribution in [-0.4, -0.2) is 80.1 Å². The highest BCUT2D eigenvalue weighted by Crippen LogP contribution is 2.38. The first kappa shape index (κ1) is 19.4. The quantitative estimate of drug-likeness (QED) is 0.796. The summed E-state index contributed by atoms with van der Waals surface area (Å²) >= 11 is 0. The highest BCUT2D eigenvalue weighted by atomic mass is 15.2. The summed E-state index contributed by atoms with van der Waals surface area (Å²) in [6.07, 6.45) is 5.46. The number of nitrogens with zero attached hydrogens (tertiary/aromatic N) is 3. The van der Waals surface area contributed by atoms with E-state index in [0.717, 1.165) is 30.5 Å². The van der Waals surface area contributed by atoms with Gasteiger partial charge in [-0.25, -0.2) is 0 Å². The first-order valence-corrected chi connectivity index (χ1v) is 11.1. The summed E-state index contributed by atoms with van der Waals surface area (Å²) in [5.74, 6) is 1.79. The van der Waals surface area contributed by atoms with Crippen LogP contribution < -0.4 is 5.32 Å². The maximum absolute atomic E-state index is 3.94. The van der Waals surface area contributed by atoms with Crippen LogP contribution in [0.4, 0.5) is 0 Å². The van der Waals surface area contributed by atoms with Gasteiger partial charge < -0.3 is 15.1 Å². The van der Waals surface area contributed by atoms with Gasteiger partial charge in [0.2, 0.25) is 0 Å². The van der Waals surface area contributed by atoms with Gasteiger partial charge in [-0.2, -0.15) is 0 Å². The molecule has 1 N–H and O–H groups in total. The predicted molar refractivity (Wildman–Crippen MR) is 113 cm³/mol. The molecule has 4 heteroatoms. The first-order valence-electron chi connectivity index (χ1n) is 11.1. The number of benzene rings is 1. The zero-order valence-electron chi connectivity index (χ0n) is 17.3. The maximum Gasteiger partial charge on any atom is 0.0233 e. The molecule has 0 unspecified atom stereocenters. The number of nitrogens with one attached hydrogen (secondary N) is 1. The van der Waals surface area contributed by atoms with Crippen LogP contribution in [0.15, 0.2) is 30.3 Å². The van der Waals surface area contributed by atoms with E-state index in [9.17, 15) is 0 Å². The molecule has 150 valence electrons. The number of rotatable bonds is 7. The molecule has 1 aromatic rings. The van der Waals surface area contributed by atoms with E-state index in [1.807, 2.05) is 0 Å². The molecule has 3 fully saturated rings. The summed E-state index contributed by atoms with van der Waals surface area (Å²) in [5.41, 5.74) is 1.46. The van der Waals surface area contributed by atoms with Crippen LogP contribution in [0.5, 0.6) is 0 Å².